The molecule has 2 N–H and O–H groups in total. The highest BCUT2D eigenvalue weighted by Gasteiger charge is 2.33. The van der Waals surface area contributed by atoms with Crippen LogP contribution in [0.1, 0.15) is 40.0 Å². The Kier molecular flexibility index (Phi) is 2.79. The SMILES string of the molecule is CC(C)(C)[C@@H]1CC[C@H](O)[C@@H](O)C1. The van der Waals surface area contributed by atoms with Crippen molar-refractivity contribution in [3.05, 3.63) is 0 Å². The van der Waals surface area contributed by atoms with Gasteiger partial charge in [-0.2, -0.15) is 0 Å². The van der Waals surface area contributed by atoms with Gasteiger partial charge in [0, 0.05) is 0 Å². The number of rotatable bonds is 0. The molecule has 1 aliphatic rings. The lowest BCUT2D eigenvalue weighted by Crippen LogP contribution is -2.37. The molecule has 0 aliphatic heterocycles. The molecular formula is C10H20O2. The molecule has 1 fully saturated rings. The first-order valence-corrected chi connectivity index (χ1v) is 4.77. The molecule has 0 aromatic rings. The van der Waals surface area contributed by atoms with Gasteiger partial charge in [-0.3, -0.25) is 0 Å². The van der Waals surface area contributed by atoms with E-state index in [0.717, 1.165) is 19.3 Å². The van der Waals surface area contributed by atoms with Crippen molar-refractivity contribution in [2.45, 2.75) is 52.2 Å². The zero-order valence-electron chi connectivity index (χ0n) is 8.25. The fraction of sp³-hybridized carbons (Fsp3) is 1.00. The van der Waals surface area contributed by atoms with Gasteiger partial charge in [0.05, 0.1) is 12.2 Å². The third-order valence-electron chi connectivity index (χ3n) is 3.01. The van der Waals surface area contributed by atoms with E-state index in [4.69, 9.17) is 0 Å². The Morgan fingerprint density at radius 2 is 1.58 bits per heavy atom. The lowest BCUT2D eigenvalue weighted by molar-refractivity contribution is -0.0432. The maximum Gasteiger partial charge on any atom is 0.0801 e. The highest BCUT2D eigenvalue weighted by molar-refractivity contribution is 4.85. The molecule has 2 nitrogen and oxygen atoms in total. The molecule has 0 spiro atoms. The highest BCUT2D eigenvalue weighted by Crippen LogP contribution is 2.37. The molecule has 1 aliphatic carbocycles. The van der Waals surface area contributed by atoms with Crippen LogP contribution in [0.25, 0.3) is 0 Å². The summed E-state index contributed by atoms with van der Waals surface area (Å²) < 4.78 is 0. The molecule has 0 aromatic carbocycles. The molecule has 3 atom stereocenters. The summed E-state index contributed by atoms with van der Waals surface area (Å²) in [6.45, 7) is 6.59. The van der Waals surface area contributed by atoms with E-state index in [1.807, 2.05) is 0 Å². The van der Waals surface area contributed by atoms with Gasteiger partial charge in [0.25, 0.3) is 0 Å². The van der Waals surface area contributed by atoms with E-state index < -0.39 is 12.2 Å². The van der Waals surface area contributed by atoms with E-state index in [0.29, 0.717) is 5.92 Å². The van der Waals surface area contributed by atoms with Crippen LogP contribution in [0, 0.1) is 11.3 Å². The quantitative estimate of drug-likeness (QED) is 0.582. The first kappa shape index (κ1) is 10.0. The van der Waals surface area contributed by atoms with Gasteiger partial charge in [-0.15, -0.1) is 0 Å². The van der Waals surface area contributed by atoms with Gasteiger partial charge < -0.3 is 10.2 Å². The van der Waals surface area contributed by atoms with Gasteiger partial charge in [-0.1, -0.05) is 20.8 Å². The molecule has 0 aromatic heterocycles. The molecule has 0 radical (unpaired) electrons. The first-order valence-electron chi connectivity index (χ1n) is 4.77. The minimum absolute atomic E-state index is 0.265. The zero-order chi connectivity index (χ0) is 9.35. The second-order valence-corrected chi connectivity index (χ2v) is 5.01. The Morgan fingerprint density at radius 1 is 1.00 bits per heavy atom. The van der Waals surface area contributed by atoms with Crippen molar-refractivity contribution in [2.75, 3.05) is 0 Å². The second kappa shape index (κ2) is 3.35. The number of hydrogen-bond donors (Lipinski definition) is 2. The molecule has 0 bridgehead atoms. The topological polar surface area (TPSA) is 40.5 Å². The second-order valence-electron chi connectivity index (χ2n) is 5.01. The largest absolute Gasteiger partial charge is 0.390 e. The monoisotopic (exact) mass is 172 g/mol. The predicted molar refractivity (Wildman–Crippen MR) is 48.8 cm³/mol. The molecule has 12 heavy (non-hydrogen) atoms. The van der Waals surface area contributed by atoms with Crippen LogP contribution in [-0.2, 0) is 0 Å². The van der Waals surface area contributed by atoms with Crippen LogP contribution in [0.4, 0.5) is 0 Å². The van der Waals surface area contributed by atoms with Gasteiger partial charge in [-0.25, -0.2) is 0 Å². The Balaban J connectivity index is 2.51. The Morgan fingerprint density at radius 3 is 2.00 bits per heavy atom. The van der Waals surface area contributed by atoms with Crippen molar-refractivity contribution in [3.8, 4) is 0 Å². The van der Waals surface area contributed by atoms with Crippen LogP contribution < -0.4 is 0 Å². The first-order chi connectivity index (χ1) is 5.41. The molecule has 0 saturated heterocycles. The standard InChI is InChI=1S/C10H20O2/c1-10(2,3)7-4-5-8(11)9(12)6-7/h7-9,11-12H,4-6H2,1-3H3/t7-,8+,9+/m1/s1. The Hall–Kier alpha value is -0.0800. The van der Waals surface area contributed by atoms with Crippen LogP contribution in [0.2, 0.25) is 0 Å². The summed E-state index contributed by atoms with van der Waals surface area (Å²) in [5.41, 5.74) is 0.265. The lowest BCUT2D eigenvalue weighted by Gasteiger charge is -2.38. The molecule has 72 valence electrons. The van der Waals surface area contributed by atoms with Crippen LogP contribution in [-0.4, -0.2) is 22.4 Å². The van der Waals surface area contributed by atoms with Crippen LogP contribution in [0.5, 0.6) is 0 Å². The maximum absolute atomic E-state index is 9.46. The summed E-state index contributed by atoms with van der Waals surface area (Å²) >= 11 is 0. The smallest absolute Gasteiger partial charge is 0.0801 e. The van der Waals surface area contributed by atoms with Gasteiger partial charge in [0.2, 0.25) is 0 Å². The fourth-order valence-electron chi connectivity index (χ4n) is 1.92. The Labute approximate surface area is 74.6 Å². The molecule has 0 amide bonds. The minimum Gasteiger partial charge on any atom is -0.390 e. The van der Waals surface area contributed by atoms with Gasteiger partial charge in [-0.05, 0) is 30.6 Å². The van der Waals surface area contributed by atoms with Crippen molar-refractivity contribution in [1.82, 2.24) is 0 Å². The zero-order valence-corrected chi connectivity index (χ0v) is 8.25. The summed E-state index contributed by atoms with van der Waals surface area (Å²) in [6, 6.07) is 0. The van der Waals surface area contributed by atoms with E-state index in [1.165, 1.54) is 0 Å². The van der Waals surface area contributed by atoms with Crippen molar-refractivity contribution in [3.63, 3.8) is 0 Å². The molecule has 1 rings (SSSR count). The van der Waals surface area contributed by atoms with E-state index in [9.17, 15) is 10.2 Å². The molecule has 0 heterocycles. The third kappa shape index (κ3) is 2.20. The Bertz CT molecular complexity index is 148. The summed E-state index contributed by atoms with van der Waals surface area (Å²) in [4.78, 5) is 0. The fourth-order valence-corrected chi connectivity index (χ4v) is 1.92. The van der Waals surface area contributed by atoms with E-state index in [1.54, 1.807) is 0 Å². The highest BCUT2D eigenvalue weighted by atomic mass is 16.3. The molecular weight excluding hydrogens is 152 g/mol. The minimum atomic E-state index is -0.497. The number of hydrogen-bond acceptors (Lipinski definition) is 2. The normalized spacial score (nSPS) is 38.2. The summed E-state index contributed by atoms with van der Waals surface area (Å²) in [5, 5.41) is 18.8. The van der Waals surface area contributed by atoms with Crippen molar-refractivity contribution >= 4 is 0 Å². The summed E-state index contributed by atoms with van der Waals surface area (Å²) in [5.74, 6) is 0.552. The average Bonchev–Trinajstić information content (AvgIpc) is 1.92. The predicted octanol–water partition coefficient (Wildman–Crippen LogP) is 1.55. The maximum atomic E-state index is 9.46. The summed E-state index contributed by atoms with van der Waals surface area (Å²) in [6.07, 6.45) is 1.57. The molecule has 2 heteroatoms. The van der Waals surface area contributed by atoms with E-state index in [2.05, 4.69) is 20.8 Å². The average molecular weight is 172 g/mol. The lowest BCUT2D eigenvalue weighted by atomic mass is 9.71. The number of aliphatic hydroxyl groups excluding tert-OH is 2. The van der Waals surface area contributed by atoms with Gasteiger partial charge in [0.15, 0.2) is 0 Å². The van der Waals surface area contributed by atoms with E-state index >= 15 is 0 Å². The number of aliphatic hydroxyl groups is 2. The van der Waals surface area contributed by atoms with Crippen molar-refractivity contribution in [2.24, 2.45) is 11.3 Å². The van der Waals surface area contributed by atoms with Crippen LogP contribution in [0.3, 0.4) is 0 Å². The third-order valence-corrected chi connectivity index (χ3v) is 3.01. The van der Waals surface area contributed by atoms with Crippen LogP contribution >= 0.6 is 0 Å². The van der Waals surface area contributed by atoms with Crippen molar-refractivity contribution in [1.29, 1.82) is 0 Å². The van der Waals surface area contributed by atoms with Crippen LogP contribution in [0.15, 0.2) is 0 Å². The van der Waals surface area contributed by atoms with Crippen molar-refractivity contribution < 1.29 is 10.2 Å². The summed E-state index contributed by atoms with van der Waals surface area (Å²) in [7, 11) is 0. The van der Waals surface area contributed by atoms with E-state index in [-0.39, 0.29) is 5.41 Å². The molecule has 1 saturated carbocycles. The van der Waals surface area contributed by atoms with Gasteiger partial charge >= 0.3 is 0 Å². The van der Waals surface area contributed by atoms with Gasteiger partial charge in [0.1, 0.15) is 0 Å². The molecule has 0 unspecified atom stereocenters.